The monoisotopic (exact) mass is 332 g/mol. The summed E-state index contributed by atoms with van der Waals surface area (Å²) >= 11 is 5.75. The van der Waals surface area contributed by atoms with Crippen LogP contribution in [-0.4, -0.2) is 17.7 Å². The minimum absolute atomic E-state index is 0.0156. The van der Waals surface area contributed by atoms with Gasteiger partial charge in [-0.15, -0.1) is 0 Å². The molecule has 5 heteroatoms. The standard InChI is InChI=1S/C18H15ClF2N2/c19-12-9-15(20)17(16(21)10-12)14-3-1-2-11-8-13-4-5-22-6-7-23(13)18(11)14/h1-3,8-10,22H,4-7H2. The Morgan fingerprint density at radius 3 is 2.61 bits per heavy atom. The number of rotatable bonds is 1. The first kappa shape index (κ1) is 14.7. The molecule has 1 aliphatic rings. The first-order valence-corrected chi connectivity index (χ1v) is 8.00. The fraction of sp³-hybridized carbons (Fsp3) is 0.222. The molecule has 118 valence electrons. The third kappa shape index (κ3) is 2.42. The van der Waals surface area contributed by atoms with Crippen molar-refractivity contribution in [3.63, 3.8) is 0 Å². The van der Waals surface area contributed by atoms with E-state index >= 15 is 0 Å². The Kier molecular flexibility index (Phi) is 3.58. The predicted octanol–water partition coefficient (Wildman–Crippen LogP) is 4.39. The van der Waals surface area contributed by atoms with Crippen LogP contribution in [0.3, 0.4) is 0 Å². The van der Waals surface area contributed by atoms with Gasteiger partial charge in [0.1, 0.15) is 11.6 Å². The maximum absolute atomic E-state index is 14.4. The number of para-hydroxylation sites is 1. The molecular weight excluding hydrogens is 318 g/mol. The van der Waals surface area contributed by atoms with Crippen molar-refractivity contribution in [3.8, 4) is 11.1 Å². The van der Waals surface area contributed by atoms with E-state index in [0.29, 0.717) is 5.56 Å². The number of hydrogen-bond acceptors (Lipinski definition) is 1. The van der Waals surface area contributed by atoms with Crippen LogP contribution >= 0.6 is 11.6 Å². The first-order valence-electron chi connectivity index (χ1n) is 7.62. The van der Waals surface area contributed by atoms with Crippen molar-refractivity contribution >= 4 is 22.5 Å². The molecular formula is C18H15ClF2N2. The molecule has 0 spiro atoms. The maximum atomic E-state index is 14.4. The van der Waals surface area contributed by atoms with Crippen molar-refractivity contribution < 1.29 is 8.78 Å². The molecule has 0 fully saturated rings. The molecule has 0 radical (unpaired) electrons. The van der Waals surface area contributed by atoms with Gasteiger partial charge in [-0.1, -0.05) is 29.8 Å². The molecule has 1 aromatic heterocycles. The van der Waals surface area contributed by atoms with Crippen molar-refractivity contribution in [1.82, 2.24) is 9.88 Å². The molecule has 0 saturated carbocycles. The molecule has 4 rings (SSSR count). The summed E-state index contributed by atoms with van der Waals surface area (Å²) in [5.74, 6) is -1.27. The van der Waals surface area contributed by atoms with E-state index in [1.165, 1.54) is 5.69 Å². The van der Waals surface area contributed by atoms with Gasteiger partial charge in [-0.05, 0) is 18.2 Å². The normalized spacial score (nSPS) is 14.7. The van der Waals surface area contributed by atoms with Gasteiger partial charge in [0, 0.05) is 47.7 Å². The van der Waals surface area contributed by atoms with Gasteiger partial charge in [-0.25, -0.2) is 8.78 Å². The molecule has 23 heavy (non-hydrogen) atoms. The van der Waals surface area contributed by atoms with Gasteiger partial charge in [0.05, 0.1) is 11.1 Å². The number of hydrogen-bond donors (Lipinski definition) is 1. The van der Waals surface area contributed by atoms with Crippen molar-refractivity contribution in [2.45, 2.75) is 13.0 Å². The van der Waals surface area contributed by atoms with Crippen LogP contribution in [0.1, 0.15) is 5.69 Å². The largest absolute Gasteiger partial charge is 0.343 e. The Morgan fingerprint density at radius 2 is 1.83 bits per heavy atom. The van der Waals surface area contributed by atoms with E-state index in [1.54, 1.807) is 6.07 Å². The van der Waals surface area contributed by atoms with E-state index in [0.717, 1.165) is 49.1 Å². The molecule has 0 saturated heterocycles. The second-order valence-electron chi connectivity index (χ2n) is 5.78. The molecule has 3 aromatic rings. The van der Waals surface area contributed by atoms with E-state index in [2.05, 4.69) is 16.0 Å². The Labute approximate surface area is 137 Å². The zero-order valence-electron chi connectivity index (χ0n) is 12.4. The smallest absolute Gasteiger partial charge is 0.135 e. The highest BCUT2D eigenvalue weighted by Gasteiger charge is 2.20. The minimum atomic E-state index is -0.634. The minimum Gasteiger partial charge on any atom is -0.343 e. The van der Waals surface area contributed by atoms with Crippen molar-refractivity contribution in [2.75, 3.05) is 13.1 Å². The second kappa shape index (κ2) is 5.62. The van der Waals surface area contributed by atoms with Crippen molar-refractivity contribution in [3.05, 3.63) is 58.7 Å². The fourth-order valence-corrected chi connectivity index (χ4v) is 3.57. The number of nitrogens with one attached hydrogen (secondary N) is 1. The van der Waals surface area contributed by atoms with Crippen LogP contribution in [0.4, 0.5) is 8.78 Å². The Morgan fingerprint density at radius 1 is 1.04 bits per heavy atom. The summed E-state index contributed by atoms with van der Waals surface area (Å²) in [6.07, 6.45) is 0.902. The van der Waals surface area contributed by atoms with Gasteiger partial charge in [0.25, 0.3) is 0 Å². The summed E-state index contributed by atoms with van der Waals surface area (Å²) in [5, 5.41) is 4.42. The average molecular weight is 333 g/mol. The maximum Gasteiger partial charge on any atom is 0.135 e. The summed E-state index contributed by atoms with van der Waals surface area (Å²) in [7, 11) is 0. The van der Waals surface area contributed by atoms with Gasteiger partial charge < -0.3 is 9.88 Å². The lowest BCUT2D eigenvalue weighted by Crippen LogP contribution is -2.17. The van der Waals surface area contributed by atoms with Crippen LogP contribution in [0.25, 0.3) is 22.0 Å². The highest BCUT2D eigenvalue weighted by molar-refractivity contribution is 6.30. The highest BCUT2D eigenvalue weighted by Crippen LogP contribution is 2.35. The third-order valence-corrected chi connectivity index (χ3v) is 4.57. The van der Waals surface area contributed by atoms with E-state index < -0.39 is 11.6 Å². The van der Waals surface area contributed by atoms with Gasteiger partial charge in [-0.2, -0.15) is 0 Å². The quantitative estimate of drug-likeness (QED) is 0.699. The van der Waals surface area contributed by atoms with Gasteiger partial charge in [-0.3, -0.25) is 0 Å². The van der Waals surface area contributed by atoms with E-state index in [4.69, 9.17) is 11.6 Å². The predicted molar refractivity (Wildman–Crippen MR) is 88.9 cm³/mol. The summed E-state index contributed by atoms with van der Waals surface area (Å²) in [6.45, 7) is 2.54. The van der Waals surface area contributed by atoms with E-state index in [-0.39, 0.29) is 10.6 Å². The number of aromatic nitrogens is 1. The third-order valence-electron chi connectivity index (χ3n) is 4.35. The van der Waals surface area contributed by atoms with Crippen LogP contribution in [0, 0.1) is 11.6 Å². The Balaban J connectivity index is 2.03. The Hall–Kier alpha value is -1.91. The molecule has 0 unspecified atom stereocenters. The second-order valence-corrected chi connectivity index (χ2v) is 6.21. The number of fused-ring (bicyclic) bond motifs is 3. The zero-order valence-corrected chi connectivity index (χ0v) is 13.1. The summed E-state index contributed by atoms with van der Waals surface area (Å²) in [6, 6.07) is 10.0. The van der Waals surface area contributed by atoms with Crippen LogP contribution < -0.4 is 5.32 Å². The number of halogens is 3. The van der Waals surface area contributed by atoms with Crippen LogP contribution in [-0.2, 0) is 13.0 Å². The summed E-state index contributed by atoms with van der Waals surface area (Å²) in [5.41, 5.74) is 2.62. The SMILES string of the molecule is Fc1cc(Cl)cc(F)c1-c1cccc2cc3n(c12)CCNCC3. The molecule has 0 atom stereocenters. The summed E-state index contributed by atoms with van der Waals surface area (Å²) in [4.78, 5) is 0. The fourth-order valence-electron chi connectivity index (χ4n) is 3.38. The van der Waals surface area contributed by atoms with Crippen LogP contribution in [0.5, 0.6) is 0 Å². The first-order chi connectivity index (χ1) is 11.1. The van der Waals surface area contributed by atoms with Crippen LogP contribution in [0.15, 0.2) is 36.4 Å². The number of nitrogens with zero attached hydrogens (tertiary/aromatic N) is 1. The van der Waals surface area contributed by atoms with Crippen molar-refractivity contribution in [1.29, 1.82) is 0 Å². The molecule has 0 bridgehead atoms. The molecule has 2 heterocycles. The topological polar surface area (TPSA) is 17.0 Å². The van der Waals surface area contributed by atoms with E-state index in [9.17, 15) is 8.78 Å². The van der Waals surface area contributed by atoms with E-state index in [1.807, 2.05) is 12.1 Å². The van der Waals surface area contributed by atoms with Gasteiger partial charge in [0.2, 0.25) is 0 Å². The van der Waals surface area contributed by atoms with Crippen LogP contribution in [0.2, 0.25) is 5.02 Å². The Bertz CT molecular complexity index is 878. The molecule has 2 aromatic carbocycles. The molecule has 0 aliphatic carbocycles. The van der Waals surface area contributed by atoms with Gasteiger partial charge in [0.15, 0.2) is 0 Å². The van der Waals surface area contributed by atoms with Gasteiger partial charge >= 0.3 is 0 Å². The highest BCUT2D eigenvalue weighted by atomic mass is 35.5. The zero-order chi connectivity index (χ0) is 16.0. The molecule has 0 amide bonds. The lowest BCUT2D eigenvalue weighted by Gasteiger charge is -2.12. The van der Waals surface area contributed by atoms with Crippen molar-refractivity contribution in [2.24, 2.45) is 0 Å². The summed E-state index contributed by atoms with van der Waals surface area (Å²) < 4.78 is 31.0. The molecule has 1 aliphatic heterocycles. The lowest BCUT2D eigenvalue weighted by molar-refractivity contribution is 0.589. The molecule has 2 nitrogen and oxygen atoms in total. The average Bonchev–Trinajstić information content (AvgIpc) is 2.69. The molecule has 1 N–H and O–H groups in total. The lowest BCUT2D eigenvalue weighted by atomic mass is 10.0. The number of benzene rings is 2.